The molecule has 0 bridgehead atoms. The van der Waals surface area contributed by atoms with Crippen molar-refractivity contribution in [1.82, 2.24) is 0 Å². The molecule has 0 saturated heterocycles. The van der Waals surface area contributed by atoms with Crippen LogP contribution in [0, 0.1) is 0 Å². The summed E-state index contributed by atoms with van der Waals surface area (Å²) in [6.07, 6.45) is 0. The summed E-state index contributed by atoms with van der Waals surface area (Å²) in [6, 6.07) is 6.81. The highest BCUT2D eigenvalue weighted by Gasteiger charge is 2.17. The van der Waals surface area contributed by atoms with Crippen molar-refractivity contribution in [2.45, 2.75) is 31.2 Å². The molecule has 0 aromatic heterocycles. The fourth-order valence-electron chi connectivity index (χ4n) is 1.70. The van der Waals surface area contributed by atoms with Crippen molar-refractivity contribution in [3.63, 3.8) is 0 Å². The van der Waals surface area contributed by atoms with Crippen LogP contribution in [0.4, 0.5) is 5.69 Å². The molecule has 0 radical (unpaired) electrons. The highest BCUT2D eigenvalue weighted by molar-refractivity contribution is 7.91. The number of nitrogens with one attached hydrogen (secondary N) is 1. The van der Waals surface area contributed by atoms with E-state index in [0.717, 1.165) is 5.69 Å². The van der Waals surface area contributed by atoms with E-state index >= 15 is 0 Å². The number of methoxy groups -OCH3 is 1. The van der Waals surface area contributed by atoms with Gasteiger partial charge >= 0.3 is 0 Å². The molecule has 0 saturated carbocycles. The number of rotatable bonds is 6. The number of benzene rings is 1. The Hall–Kier alpha value is -1.07. The van der Waals surface area contributed by atoms with Crippen molar-refractivity contribution in [3.05, 3.63) is 24.3 Å². The zero-order chi connectivity index (χ0) is 13.8. The molecule has 18 heavy (non-hydrogen) atoms. The van der Waals surface area contributed by atoms with E-state index in [0.29, 0.717) is 11.5 Å². The van der Waals surface area contributed by atoms with Gasteiger partial charge in [0.2, 0.25) is 0 Å². The fourth-order valence-corrected chi connectivity index (χ4v) is 2.58. The van der Waals surface area contributed by atoms with Crippen LogP contribution in [0.15, 0.2) is 29.2 Å². The van der Waals surface area contributed by atoms with Crippen LogP contribution in [-0.4, -0.2) is 33.4 Å². The molecule has 102 valence electrons. The molecule has 0 aliphatic rings. The molecule has 1 N–H and O–H groups in total. The lowest BCUT2D eigenvalue weighted by Crippen LogP contribution is -2.35. The van der Waals surface area contributed by atoms with Crippen LogP contribution in [-0.2, 0) is 14.6 Å². The molecule has 0 spiro atoms. The maximum absolute atomic E-state index is 11.7. The number of sulfone groups is 1. The van der Waals surface area contributed by atoms with E-state index < -0.39 is 9.84 Å². The lowest BCUT2D eigenvalue weighted by atomic mass is 10.1. The fraction of sp³-hybridized carbons (Fsp3) is 0.538. The Kier molecular flexibility index (Phi) is 4.76. The van der Waals surface area contributed by atoms with E-state index in [1.165, 1.54) is 0 Å². The molecule has 0 atom stereocenters. The Morgan fingerprint density at radius 2 is 1.78 bits per heavy atom. The second-order valence-corrected chi connectivity index (χ2v) is 7.15. The monoisotopic (exact) mass is 271 g/mol. The third kappa shape index (κ3) is 3.99. The minimum absolute atomic E-state index is 0.120. The average Bonchev–Trinajstić information content (AvgIpc) is 2.29. The summed E-state index contributed by atoms with van der Waals surface area (Å²) < 4.78 is 28.4. The first-order valence-electron chi connectivity index (χ1n) is 5.91. The third-order valence-electron chi connectivity index (χ3n) is 2.58. The summed E-state index contributed by atoms with van der Waals surface area (Å²) in [7, 11) is -1.47. The van der Waals surface area contributed by atoms with Crippen LogP contribution in [0.3, 0.4) is 0 Å². The van der Waals surface area contributed by atoms with Gasteiger partial charge in [0.1, 0.15) is 0 Å². The van der Waals surface area contributed by atoms with Crippen LogP contribution in [0.1, 0.15) is 20.8 Å². The number of hydrogen-bond donors (Lipinski definition) is 1. The van der Waals surface area contributed by atoms with Crippen molar-refractivity contribution in [2.75, 3.05) is 24.8 Å². The van der Waals surface area contributed by atoms with Gasteiger partial charge in [-0.25, -0.2) is 8.42 Å². The second-order valence-electron chi connectivity index (χ2n) is 4.87. The highest BCUT2D eigenvalue weighted by Crippen LogP contribution is 2.19. The topological polar surface area (TPSA) is 55.4 Å². The molecule has 4 nitrogen and oxygen atoms in total. The van der Waals surface area contributed by atoms with Gasteiger partial charge < -0.3 is 10.1 Å². The van der Waals surface area contributed by atoms with E-state index in [1.54, 1.807) is 38.3 Å². The van der Waals surface area contributed by atoms with E-state index in [2.05, 4.69) is 5.32 Å². The molecule has 1 aromatic rings. The molecule has 0 aliphatic heterocycles. The van der Waals surface area contributed by atoms with Crippen LogP contribution >= 0.6 is 0 Å². The van der Waals surface area contributed by atoms with E-state index in [-0.39, 0.29) is 11.3 Å². The molecule has 1 aromatic carbocycles. The van der Waals surface area contributed by atoms with Gasteiger partial charge in [-0.2, -0.15) is 0 Å². The standard InChI is InChI=1S/C13H21NO3S/c1-5-18(15,16)12-8-6-11(7-9-12)14-13(2,3)10-17-4/h6-9,14H,5,10H2,1-4H3. The Bertz CT molecular complexity index is 477. The van der Waals surface area contributed by atoms with Gasteiger partial charge in [0.25, 0.3) is 0 Å². The zero-order valence-electron chi connectivity index (χ0n) is 11.4. The molecular weight excluding hydrogens is 250 g/mol. The lowest BCUT2D eigenvalue weighted by Gasteiger charge is -2.26. The summed E-state index contributed by atoms with van der Waals surface area (Å²) in [4.78, 5) is 0.361. The summed E-state index contributed by atoms with van der Waals surface area (Å²) in [5.74, 6) is 0.120. The predicted molar refractivity (Wildman–Crippen MR) is 73.7 cm³/mol. The van der Waals surface area contributed by atoms with Crippen LogP contribution in [0.5, 0.6) is 0 Å². The van der Waals surface area contributed by atoms with Gasteiger partial charge in [0.05, 0.1) is 22.8 Å². The van der Waals surface area contributed by atoms with Crippen LogP contribution < -0.4 is 5.32 Å². The maximum Gasteiger partial charge on any atom is 0.178 e. The Balaban J connectivity index is 2.84. The SMILES string of the molecule is CCS(=O)(=O)c1ccc(NC(C)(C)COC)cc1. The van der Waals surface area contributed by atoms with Gasteiger partial charge in [0, 0.05) is 12.8 Å². The minimum atomic E-state index is -3.12. The molecular formula is C13H21NO3S. The molecule has 0 fully saturated rings. The Morgan fingerprint density at radius 3 is 2.22 bits per heavy atom. The summed E-state index contributed by atoms with van der Waals surface area (Å²) in [6.45, 7) is 6.26. The average molecular weight is 271 g/mol. The molecule has 0 aliphatic carbocycles. The van der Waals surface area contributed by atoms with E-state index in [1.807, 2.05) is 13.8 Å². The number of ether oxygens (including phenoxy) is 1. The smallest absolute Gasteiger partial charge is 0.178 e. The van der Waals surface area contributed by atoms with Crippen molar-refractivity contribution in [1.29, 1.82) is 0 Å². The van der Waals surface area contributed by atoms with Gasteiger partial charge in [-0.1, -0.05) is 6.92 Å². The van der Waals surface area contributed by atoms with Gasteiger partial charge in [0.15, 0.2) is 9.84 Å². The minimum Gasteiger partial charge on any atom is -0.382 e. The third-order valence-corrected chi connectivity index (χ3v) is 4.33. The Morgan fingerprint density at radius 1 is 1.22 bits per heavy atom. The van der Waals surface area contributed by atoms with Gasteiger partial charge in [-0.3, -0.25) is 0 Å². The molecule has 0 heterocycles. The largest absolute Gasteiger partial charge is 0.382 e. The first-order chi connectivity index (χ1) is 8.30. The quantitative estimate of drug-likeness (QED) is 0.862. The van der Waals surface area contributed by atoms with Crippen molar-refractivity contribution >= 4 is 15.5 Å². The lowest BCUT2D eigenvalue weighted by molar-refractivity contribution is 0.158. The predicted octanol–water partition coefficient (Wildman–Crippen LogP) is 2.32. The highest BCUT2D eigenvalue weighted by atomic mass is 32.2. The molecule has 1 rings (SSSR count). The molecule has 5 heteroatoms. The number of anilines is 1. The van der Waals surface area contributed by atoms with Crippen LogP contribution in [0.2, 0.25) is 0 Å². The summed E-state index contributed by atoms with van der Waals surface area (Å²) >= 11 is 0. The molecule has 0 unspecified atom stereocenters. The van der Waals surface area contributed by atoms with Gasteiger partial charge in [-0.05, 0) is 38.1 Å². The first kappa shape index (κ1) is 15.0. The second kappa shape index (κ2) is 5.71. The number of hydrogen-bond acceptors (Lipinski definition) is 4. The Labute approximate surface area is 109 Å². The van der Waals surface area contributed by atoms with E-state index in [9.17, 15) is 8.42 Å². The van der Waals surface area contributed by atoms with Crippen molar-refractivity contribution < 1.29 is 13.2 Å². The van der Waals surface area contributed by atoms with E-state index in [4.69, 9.17) is 4.74 Å². The maximum atomic E-state index is 11.7. The normalized spacial score (nSPS) is 12.4. The van der Waals surface area contributed by atoms with Crippen molar-refractivity contribution in [2.24, 2.45) is 0 Å². The summed E-state index contributed by atoms with van der Waals surface area (Å²) in [5, 5.41) is 3.30. The van der Waals surface area contributed by atoms with Crippen molar-refractivity contribution in [3.8, 4) is 0 Å². The summed E-state index contributed by atoms with van der Waals surface area (Å²) in [5.41, 5.74) is 0.687. The first-order valence-corrected chi connectivity index (χ1v) is 7.56. The van der Waals surface area contributed by atoms with Gasteiger partial charge in [-0.15, -0.1) is 0 Å². The molecule has 0 amide bonds. The zero-order valence-corrected chi connectivity index (χ0v) is 12.2. The van der Waals surface area contributed by atoms with Crippen LogP contribution in [0.25, 0.3) is 0 Å².